The molecule has 0 heterocycles. The lowest BCUT2D eigenvalue weighted by Crippen LogP contribution is -2.45. The summed E-state index contributed by atoms with van der Waals surface area (Å²) in [5.41, 5.74) is 5.48. The molecular weight excluding hydrogens is 200 g/mol. The van der Waals surface area contributed by atoms with E-state index in [1.54, 1.807) is 0 Å². The van der Waals surface area contributed by atoms with Crippen LogP contribution in [-0.4, -0.2) is 18.0 Å². The van der Waals surface area contributed by atoms with Crippen molar-refractivity contribution in [2.45, 2.75) is 51.5 Å². The van der Waals surface area contributed by atoms with E-state index in [1.807, 2.05) is 13.8 Å². The number of nitrogens with one attached hydrogen (secondary N) is 1. The molecule has 0 saturated carbocycles. The highest BCUT2D eigenvalue weighted by atomic mass is 16.1. The van der Waals surface area contributed by atoms with Gasteiger partial charge in [-0.25, -0.2) is 0 Å². The average molecular weight is 222 g/mol. The Morgan fingerprint density at radius 2 is 1.94 bits per heavy atom. The van der Waals surface area contributed by atoms with Gasteiger partial charge in [0.15, 0.2) is 0 Å². The van der Waals surface area contributed by atoms with Gasteiger partial charge in [0.25, 0.3) is 0 Å². The Bertz CT molecular complexity index is 281. The van der Waals surface area contributed by atoms with Gasteiger partial charge in [0.1, 0.15) is 0 Å². The molecule has 0 aromatic carbocycles. The monoisotopic (exact) mass is 222 g/mol. The minimum Gasteiger partial charge on any atom is -0.354 e. The molecule has 0 fully saturated rings. The number of carbonyl (C=O) groups is 1. The molecule has 1 aliphatic rings. The van der Waals surface area contributed by atoms with Crippen molar-refractivity contribution in [2.75, 3.05) is 6.54 Å². The van der Waals surface area contributed by atoms with Crippen LogP contribution in [0.2, 0.25) is 0 Å². The van der Waals surface area contributed by atoms with Crippen molar-refractivity contribution in [2.24, 2.45) is 11.7 Å². The van der Waals surface area contributed by atoms with Crippen LogP contribution in [-0.2, 0) is 4.79 Å². The fourth-order valence-electron chi connectivity index (χ4n) is 1.74. The molecule has 0 atom stereocenters. The molecule has 16 heavy (non-hydrogen) atoms. The summed E-state index contributed by atoms with van der Waals surface area (Å²) in [6.07, 6.45) is 4.57. The van der Waals surface area contributed by atoms with Crippen molar-refractivity contribution in [3.05, 3.63) is 0 Å². The fraction of sp³-hybridized carbons (Fsp3) is 0.769. The molecular formula is C13H22N2O. The van der Waals surface area contributed by atoms with Gasteiger partial charge in [-0.15, -0.1) is 11.8 Å². The first kappa shape index (κ1) is 13.1. The highest BCUT2D eigenvalue weighted by Crippen LogP contribution is 2.19. The van der Waals surface area contributed by atoms with E-state index >= 15 is 0 Å². The fourth-order valence-corrected chi connectivity index (χ4v) is 1.74. The highest BCUT2D eigenvalue weighted by Gasteiger charge is 2.16. The topological polar surface area (TPSA) is 55.1 Å². The van der Waals surface area contributed by atoms with Crippen LogP contribution in [0.15, 0.2) is 0 Å². The molecule has 1 amide bonds. The summed E-state index contributed by atoms with van der Waals surface area (Å²) < 4.78 is 0. The zero-order chi connectivity index (χ0) is 12.0. The number of amides is 1. The Labute approximate surface area is 98.2 Å². The summed E-state index contributed by atoms with van der Waals surface area (Å²) in [6.45, 7) is 4.36. The zero-order valence-corrected chi connectivity index (χ0v) is 10.3. The van der Waals surface area contributed by atoms with Gasteiger partial charge in [-0.1, -0.05) is 0 Å². The summed E-state index contributed by atoms with van der Waals surface area (Å²) in [5.74, 6) is 6.80. The molecule has 90 valence electrons. The lowest BCUT2D eigenvalue weighted by atomic mass is 9.95. The average Bonchev–Trinajstić information content (AvgIpc) is 2.42. The van der Waals surface area contributed by atoms with Gasteiger partial charge in [0.05, 0.1) is 0 Å². The second-order valence-corrected chi connectivity index (χ2v) is 5.27. The van der Waals surface area contributed by atoms with Gasteiger partial charge in [-0.05, 0) is 32.6 Å². The Hall–Kier alpha value is -1.01. The predicted octanol–water partition coefficient (Wildman–Crippen LogP) is 1.42. The molecule has 0 aliphatic heterocycles. The first-order valence-electron chi connectivity index (χ1n) is 5.99. The minimum atomic E-state index is -0.331. The smallest absolute Gasteiger partial charge is 0.220 e. The van der Waals surface area contributed by atoms with Crippen molar-refractivity contribution in [3.63, 3.8) is 0 Å². The molecule has 0 radical (unpaired) electrons. The highest BCUT2D eigenvalue weighted by molar-refractivity contribution is 5.76. The van der Waals surface area contributed by atoms with Crippen molar-refractivity contribution in [3.8, 4) is 11.8 Å². The molecule has 3 heteroatoms. The summed E-state index contributed by atoms with van der Waals surface area (Å²) in [6, 6.07) is 0. The quantitative estimate of drug-likeness (QED) is 0.707. The van der Waals surface area contributed by atoms with Gasteiger partial charge in [0.2, 0.25) is 5.91 Å². The number of hydrogen-bond donors (Lipinski definition) is 2. The van der Waals surface area contributed by atoms with Gasteiger partial charge in [-0.3, -0.25) is 4.79 Å². The number of rotatable bonds is 4. The van der Waals surface area contributed by atoms with Crippen molar-refractivity contribution < 1.29 is 4.79 Å². The van der Waals surface area contributed by atoms with E-state index in [4.69, 9.17) is 5.73 Å². The zero-order valence-electron chi connectivity index (χ0n) is 10.3. The SMILES string of the molecule is CC(C)(N)CNC(=O)CC1CCC#CCC1. The van der Waals surface area contributed by atoms with Crippen molar-refractivity contribution in [1.82, 2.24) is 5.32 Å². The van der Waals surface area contributed by atoms with E-state index in [2.05, 4.69) is 17.2 Å². The van der Waals surface area contributed by atoms with Crippen LogP contribution < -0.4 is 11.1 Å². The Balaban J connectivity index is 2.23. The van der Waals surface area contributed by atoms with Gasteiger partial charge in [0, 0.05) is 31.3 Å². The van der Waals surface area contributed by atoms with E-state index in [1.165, 1.54) is 0 Å². The summed E-state index contributed by atoms with van der Waals surface area (Å²) in [5, 5.41) is 2.89. The second kappa shape index (κ2) is 5.91. The van der Waals surface area contributed by atoms with Crippen molar-refractivity contribution >= 4 is 5.91 Å². The number of hydrogen-bond acceptors (Lipinski definition) is 2. The summed E-state index contributed by atoms with van der Waals surface area (Å²) in [7, 11) is 0. The largest absolute Gasteiger partial charge is 0.354 e. The molecule has 0 bridgehead atoms. The van der Waals surface area contributed by atoms with Crippen LogP contribution in [0.25, 0.3) is 0 Å². The molecule has 3 nitrogen and oxygen atoms in total. The molecule has 1 aliphatic carbocycles. The van der Waals surface area contributed by atoms with E-state index < -0.39 is 0 Å². The first-order valence-corrected chi connectivity index (χ1v) is 5.99. The predicted molar refractivity (Wildman–Crippen MR) is 65.6 cm³/mol. The van der Waals surface area contributed by atoms with Gasteiger partial charge in [-0.2, -0.15) is 0 Å². The normalized spacial score (nSPS) is 17.2. The molecule has 0 aromatic heterocycles. The van der Waals surface area contributed by atoms with E-state index in [-0.39, 0.29) is 11.4 Å². The third-order valence-electron chi connectivity index (χ3n) is 2.70. The minimum absolute atomic E-state index is 0.116. The number of carbonyl (C=O) groups excluding carboxylic acids is 1. The summed E-state index contributed by atoms with van der Waals surface area (Å²) in [4.78, 5) is 11.7. The molecule has 0 spiro atoms. The standard InChI is InChI=1S/C13H22N2O/c1-13(2,14)10-15-12(16)9-11-7-5-3-4-6-8-11/h11H,5-10,14H2,1-2H3,(H,15,16). The van der Waals surface area contributed by atoms with E-state index in [9.17, 15) is 4.79 Å². The Morgan fingerprint density at radius 1 is 1.38 bits per heavy atom. The third kappa shape index (κ3) is 5.77. The number of nitrogens with two attached hydrogens (primary N) is 1. The van der Waals surface area contributed by atoms with Gasteiger partial charge < -0.3 is 11.1 Å². The molecule has 3 N–H and O–H groups in total. The lowest BCUT2D eigenvalue weighted by molar-refractivity contribution is -0.122. The second-order valence-electron chi connectivity index (χ2n) is 5.27. The van der Waals surface area contributed by atoms with Gasteiger partial charge >= 0.3 is 0 Å². The van der Waals surface area contributed by atoms with Crippen LogP contribution in [0.5, 0.6) is 0 Å². The maximum atomic E-state index is 11.7. The molecule has 0 unspecified atom stereocenters. The Morgan fingerprint density at radius 3 is 2.44 bits per heavy atom. The maximum absolute atomic E-state index is 11.7. The van der Waals surface area contributed by atoms with Crippen LogP contribution in [0.4, 0.5) is 0 Å². The first-order chi connectivity index (χ1) is 7.47. The van der Waals surface area contributed by atoms with Crippen molar-refractivity contribution in [1.29, 1.82) is 0 Å². The molecule has 1 rings (SSSR count). The summed E-state index contributed by atoms with van der Waals surface area (Å²) >= 11 is 0. The van der Waals surface area contributed by atoms with Crippen LogP contribution in [0.1, 0.15) is 46.0 Å². The maximum Gasteiger partial charge on any atom is 0.220 e. The van der Waals surface area contributed by atoms with E-state index in [0.717, 1.165) is 25.7 Å². The molecule has 0 saturated heterocycles. The third-order valence-corrected chi connectivity index (χ3v) is 2.70. The molecule has 0 aromatic rings. The Kier molecular flexibility index (Phi) is 4.82. The lowest BCUT2D eigenvalue weighted by Gasteiger charge is -2.20. The van der Waals surface area contributed by atoms with E-state index in [0.29, 0.717) is 18.9 Å². The van der Waals surface area contributed by atoms with Crippen LogP contribution in [0, 0.1) is 17.8 Å². The van der Waals surface area contributed by atoms with Crippen LogP contribution in [0.3, 0.4) is 0 Å². The van der Waals surface area contributed by atoms with Crippen LogP contribution >= 0.6 is 0 Å².